The Morgan fingerprint density at radius 2 is 0.586 bits per heavy atom. The van der Waals surface area contributed by atoms with Crippen LogP contribution < -0.4 is 0 Å². The van der Waals surface area contributed by atoms with E-state index in [0.29, 0.717) is 0 Å². The molecule has 0 radical (unpaired) electrons. The van der Waals surface area contributed by atoms with Crippen LogP contribution in [0.3, 0.4) is 0 Å². The number of nitro benzene ring substituents is 2. The van der Waals surface area contributed by atoms with Gasteiger partial charge in [0.1, 0.15) is 34.9 Å². The van der Waals surface area contributed by atoms with Gasteiger partial charge in [-0.25, -0.2) is 28.7 Å². The lowest BCUT2D eigenvalue weighted by atomic mass is 10.0. The number of imidazole rings is 4. The standard InChI is InChI=1S/C24H18FN3.C24H18N4O2.C23H15BrFN3.C23H15BrN4O2/c1-15-21(19-9-5-6-10-20(19)26-15)24-27-22(16-7-3-2-4-8-16)23(28-24)17-11-13-18(25)14-12-17;1-15-21(19-9-5-6-10-20(19)25-15)24-26-22(16-7-3-2-4-8-16)23(27-24)17-11-13-18(14-12-17)28(29)30;24-16-8-11-20-18(12-16)19(13-26-20)23-27-21(14-4-2-1-3-5-14)22(28-23)15-6-9-17(25)10-7-15;24-16-8-11-20-18(12-16)19(13-25-20)23-26-21(14-4-2-1-3-5-14)22(27-23)15-6-9-17(10-7-15)28(29)30/h2-14,26H,1H3,(H,27,28);2-14,25H,1H3,(H,26,27);1-13,26H,(H,27,28);1-13,25H,(H,26,27). The maximum Gasteiger partial charge on any atom is 0.269 e. The number of H-pyrrole nitrogens is 8. The largest absolute Gasteiger partial charge is 0.360 e. The summed E-state index contributed by atoms with van der Waals surface area (Å²) in [5, 5.41) is 26.4. The molecule has 0 aliphatic carbocycles. The van der Waals surface area contributed by atoms with Gasteiger partial charge in [-0.2, -0.15) is 0 Å². The Balaban J connectivity index is 0.000000111. The Morgan fingerprint density at radius 1 is 0.302 bits per heavy atom. The van der Waals surface area contributed by atoms with E-state index in [1.807, 2.05) is 195 Å². The van der Waals surface area contributed by atoms with Crippen LogP contribution in [0, 0.1) is 45.7 Å². The number of fused-ring (bicyclic) bond motifs is 4. The quantitative estimate of drug-likeness (QED) is 0.0382. The number of rotatable bonds is 14. The summed E-state index contributed by atoms with van der Waals surface area (Å²) in [7, 11) is 0. The molecular formula is C94H66Br2F2N14O4. The molecule has 8 N–H and O–H groups in total. The number of nitro groups is 2. The van der Waals surface area contributed by atoms with E-state index >= 15 is 0 Å². The first-order valence-electron chi connectivity index (χ1n) is 36.9. The molecular weight excluding hydrogens is 1590 g/mol. The average Bonchev–Trinajstić information content (AvgIpc) is 1.61. The van der Waals surface area contributed by atoms with Gasteiger partial charge < -0.3 is 39.9 Å². The summed E-state index contributed by atoms with van der Waals surface area (Å²) >= 11 is 7.08. The molecule has 0 aliphatic heterocycles. The number of nitrogens with one attached hydrogen (secondary N) is 8. The van der Waals surface area contributed by atoms with Crippen LogP contribution in [0.1, 0.15) is 11.4 Å². The topological polar surface area (TPSA) is 264 Å². The van der Waals surface area contributed by atoms with Crippen LogP contribution in [-0.4, -0.2) is 69.7 Å². The Kier molecular flexibility index (Phi) is 20.5. The van der Waals surface area contributed by atoms with Gasteiger partial charge in [0.15, 0.2) is 0 Å². The molecule has 0 aliphatic rings. The van der Waals surface area contributed by atoms with Crippen LogP contribution >= 0.6 is 31.9 Å². The van der Waals surface area contributed by atoms with E-state index in [2.05, 4.69) is 109 Å². The molecule has 0 atom stereocenters. The highest BCUT2D eigenvalue weighted by Crippen LogP contribution is 2.43. The number of aromatic nitrogens is 12. The van der Waals surface area contributed by atoms with Crippen molar-refractivity contribution < 1.29 is 18.6 Å². The van der Waals surface area contributed by atoms with Gasteiger partial charge in [0.25, 0.3) is 11.4 Å². The summed E-state index contributed by atoms with van der Waals surface area (Å²) in [6, 6.07) is 94.4. The van der Waals surface area contributed by atoms with Gasteiger partial charge in [0.2, 0.25) is 0 Å². The molecule has 0 amide bonds. The van der Waals surface area contributed by atoms with Gasteiger partial charge >= 0.3 is 0 Å². The summed E-state index contributed by atoms with van der Waals surface area (Å²) < 4.78 is 28.9. The number of non-ortho nitro benzene ring substituents is 2. The van der Waals surface area contributed by atoms with E-state index in [0.717, 1.165) is 200 Å². The predicted octanol–water partition coefficient (Wildman–Crippen LogP) is 25.8. The van der Waals surface area contributed by atoms with E-state index in [9.17, 15) is 29.0 Å². The van der Waals surface area contributed by atoms with E-state index in [1.165, 1.54) is 48.5 Å². The van der Waals surface area contributed by atoms with Crippen molar-refractivity contribution in [2.75, 3.05) is 0 Å². The molecule has 0 saturated heterocycles. The molecule has 0 unspecified atom stereocenters. The van der Waals surface area contributed by atoms with E-state index in [-0.39, 0.29) is 23.0 Å². The number of nitrogens with zero attached hydrogens (tertiary/aromatic N) is 6. The minimum atomic E-state index is -0.399. The second-order valence-electron chi connectivity index (χ2n) is 27.4. The minimum absolute atomic E-state index is 0.0567. The molecule has 18 nitrogen and oxygen atoms in total. The Hall–Kier alpha value is -14.7. The Labute approximate surface area is 678 Å². The van der Waals surface area contributed by atoms with Crippen molar-refractivity contribution in [3.05, 3.63) is 368 Å². The van der Waals surface area contributed by atoms with Crippen molar-refractivity contribution >= 4 is 86.8 Å². The summed E-state index contributed by atoms with van der Waals surface area (Å²) in [6.45, 7) is 4.09. The van der Waals surface area contributed by atoms with Crippen LogP contribution in [0.2, 0.25) is 0 Å². The van der Waals surface area contributed by atoms with Gasteiger partial charge in [-0.05, 0) is 135 Å². The first-order valence-corrected chi connectivity index (χ1v) is 38.5. The van der Waals surface area contributed by atoms with E-state index < -0.39 is 9.85 Å². The molecule has 116 heavy (non-hydrogen) atoms. The van der Waals surface area contributed by atoms with Crippen molar-refractivity contribution in [1.29, 1.82) is 0 Å². The minimum Gasteiger partial charge on any atom is -0.360 e. The van der Waals surface area contributed by atoms with Gasteiger partial charge in [0.05, 0.1) is 55.4 Å². The summed E-state index contributed by atoms with van der Waals surface area (Å²) in [4.78, 5) is 68.3. The third-order valence-electron chi connectivity index (χ3n) is 20.1. The first-order chi connectivity index (χ1) is 56.6. The summed E-state index contributed by atoms with van der Waals surface area (Å²) in [5.74, 6) is 2.54. The van der Waals surface area contributed by atoms with Crippen LogP contribution in [0.15, 0.2) is 325 Å². The fraction of sp³-hybridized carbons (Fsp3) is 0.0213. The molecule has 8 heterocycles. The fourth-order valence-corrected chi connectivity index (χ4v) is 15.2. The number of para-hydroxylation sites is 2. The van der Waals surface area contributed by atoms with Crippen molar-refractivity contribution in [2.45, 2.75) is 13.8 Å². The molecule has 8 aromatic heterocycles. The highest BCUT2D eigenvalue weighted by Gasteiger charge is 2.25. The molecule has 0 spiro atoms. The van der Waals surface area contributed by atoms with Crippen LogP contribution in [0.25, 0.3) is 179 Å². The highest BCUT2D eigenvalue weighted by molar-refractivity contribution is 9.10. The van der Waals surface area contributed by atoms with Crippen molar-refractivity contribution in [1.82, 2.24) is 59.8 Å². The van der Waals surface area contributed by atoms with E-state index in [1.54, 1.807) is 48.5 Å². The lowest BCUT2D eigenvalue weighted by Gasteiger charge is -2.03. The van der Waals surface area contributed by atoms with Crippen LogP contribution in [0.5, 0.6) is 0 Å². The number of benzene rings is 12. The molecule has 0 bridgehead atoms. The lowest BCUT2D eigenvalue weighted by Crippen LogP contribution is -1.88. The van der Waals surface area contributed by atoms with Crippen molar-refractivity contribution in [3.8, 4) is 136 Å². The Bertz CT molecular complexity index is 6950. The summed E-state index contributed by atoms with van der Waals surface area (Å²) in [6.07, 6.45) is 3.89. The van der Waals surface area contributed by atoms with Crippen LogP contribution in [-0.2, 0) is 0 Å². The van der Waals surface area contributed by atoms with Gasteiger partial charge in [-0.1, -0.05) is 190 Å². The van der Waals surface area contributed by atoms with Gasteiger partial charge in [-0.15, -0.1) is 0 Å². The number of aryl methyl sites for hydroxylation is 2. The average molecular weight is 1650 g/mol. The zero-order valence-corrected chi connectivity index (χ0v) is 65.0. The smallest absolute Gasteiger partial charge is 0.269 e. The SMILES string of the molecule is Cc1[nH]c2ccccc2c1-c1nc(-c2ccccc2)c(-c2ccc(F)cc2)[nH]1.Cc1[nH]c2ccccc2c1-c1nc(-c2ccccc2)c(-c2ccc([N+](=O)[O-])cc2)[nH]1.Fc1ccc(-c2[nH]c(-c3c[nH]c4ccc(Br)cc34)nc2-c2ccccc2)cc1.O=[N+]([O-])c1ccc(-c2[nH]c(-c3c[nH]c4ccc(Br)cc34)nc2-c2ccccc2)cc1. The van der Waals surface area contributed by atoms with Crippen LogP contribution in [0.4, 0.5) is 20.2 Å². The second kappa shape index (κ2) is 32.2. The molecule has 564 valence electrons. The van der Waals surface area contributed by atoms with Gasteiger partial charge in [-0.3, -0.25) is 20.2 Å². The molecule has 0 fully saturated rings. The maximum atomic E-state index is 13.5. The Morgan fingerprint density at radius 3 is 0.905 bits per heavy atom. The molecule has 0 saturated carbocycles. The number of hydrogen-bond acceptors (Lipinski definition) is 8. The molecule has 20 aromatic rings. The third-order valence-corrected chi connectivity index (χ3v) is 21.0. The molecule has 12 aromatic carbocycles. The number of aromatic amines is 8. The zero-order chi connectivity index (χ0) is 79.5. The number of hydrogen-bond donors (Lipinski definition) is 8. The third kappa shape index (κ3) is 15.2. The monoisotopic (exact) mass is 1650 g/mol. The zero-order valence-electron chi connectivity index (χ0n) is 61.9. The normalized spacial score (nSPS) is 11.2. The number of halogens is 4. The van der Waals surface area contributed by atoms with Crippen molar-refractivity contribution in [2.24, 2.45) is 0 Å². The van der Waals surface area contributed by atoms with E-state index in [4.69, 9.17) is 19.9 Å². The predicted molar refractivity (Wildman–Crippen MR) is 465 cm³/mol. The summed E-state index contributed by atoms with van der Waals surface area (Å²) in [5.41, 5.74) is 24.5. The van der Waals surface area contributed by atoms with Crippen molar-refractivity contribution in [3.63, 3.8) is 0 Å². The second-order valence-corrected chi connectivity index (χ2v) is 29.3. The lowest BCUT2D eigenvalue weighted by molar-refractivity contribution is -0.385. The fourth-order valence-electron chi connectivity index (χ4n) is 14.5. The molecule has 20 rings (SSSR count). The maximum absolute atomic E-state index is 13.5. The first kappa shape index (κ1) is 74.0. The van der Waals surface area contributed by atoms with Gasteiger partial charge in [0, 0.05) is 167 Å². The highest BCUT2D eigenvalue weighted by atomic mass is 79.9. The molecule has 22 heteroatoms.